The highest BCUT2D eigenvalue weighted by atomic mass is 16.3. The Morgan fingerprint density at radius 3 is 1.43 bits per heavy atom. The standard InChI is InChI=1S/C60H105N11O12/c1-24-26-27-37(13)50(73)49-53(76)63-41(25-2)55(78)64(17)31-45(72)65(18)44-30-38(14)71(57(44)80)48(36(11)12)60(83)66(19)42(28-32(3)4)52(75)61-39(15)51(74)62-40(16)54(77)68(21)46(34(7)8)58(81)67(20)43(29-33(5)6)56(79)69(22)47(35(9)10)59(82)70(49)23/h24,26,32-44,46-50,73H,25,27-31H2,1-23H3,(H,61,75)(H,62,74)(H,63,76)/b26-24+/t37?,38?,39-,40+,41-,42-,43-,44-,46?,47-,48-,49?,50-/m1/s1. The van der Waals surface area contributed by atoms with E-state index in [4.69, 9.17) is 0 Å². The van der Waals surface area contributed by atoms with Crippen molar-refractivity contribution in [2.75, 3.05) is 55.9 Å². The molecule has 0 aromatic heterocycles. The van der Waals surface area contributed by atoms with Gasteiger partial charge in [-0.1, -0.05) is 95.2 Å². The summed E-state index contributed by atoms with van der Waals surface area (Å²) in [6, 6.07) is -12.6. The van der Waals surface area contributed by atoms with Gasteiger partial charge in [0.2, 0.25) is 65.0 Å². The number of amides is 11. The second kappa shape index (κ2) is 31.7. The number of carbonyl (C=O) groups is 11. The summed E-state index contributed by atoms with van der Waals surface area (Å²) in [5.74, 6) is -9.62. The molecular formula is C60H105N11O12. The molecule has 83 heavy (non-hydrogen) atoms. The van der Waals surface area contributed by atoms with Crippen molar-refractivity contribution in [1.29, 1.82) is 0 Å². The minimum absolute atomic E-state index is 0.0316. The summed E-state index contributed by atoms with van der Waals surface area (Å²) >= 11 is 0. The molecule has 2 fully saturated rings. The van der Waals surface area contributed by atoms with E-state index in [2.05, 4.69) is 16.0 Å². The van der Waals surface area contributed by atoms with E-state index < -0.39 is 168 Å². The van der Waals surface area contributed by atoms with Gasteiger partial charge in [0.15, 0.2) is 0 Å². The van der Waals surface area contributed by atoms with Crippen LogP contribution in [0.2, 0.25) is 0 Å². The van der Waals surface area contributed by atoms with Gasteiger partial charge in [-0.3, -0.25) is 52.7 Å². The van der Waals surface area contributed by atoms with Gasteiger partial charge in [0.05, 0.1) is 12.6 Å². The first-order valence-corrected chi connectivity index (χ1v) is 29.7. The molecule has 11 amide bonds. The summed E-state index contributed by atoms with van der Waals surface area (Å²) in [7, 11) is 9.94. The van der Waals surface area contributed by atoms with Crippen molar-refractivity contribution in [3.05, 3.63) is 12.2 Å². The van der Waals surface area contributed by atoms with E-state index in [0.29, 0.717) is 6.42 Å². The third-order valence-electron chi connectivity index (χ3n) is 16.5. The maximum absolute atomic E-state index is 15.1. The van der Waals surface area contributed by atoms with Gasteiger partial charge >= 0.3 is 0 Å². The minimum Gasteiger partial charge on any atom is -0.390 e. The van der Waals surface area contributed by atoms with Crippen molar-refractivity contribution in [3.63, 3.8) is 0 Å². The molecule has 23 nitrogen and oxygen atoms in total. The van der Waals surface area contributed by atoms with Crippen LogP contribution in [-0.2, 0) is 52.7 Å². The molecule has 0 spiro atoms. The summed E-state index contributed by atoms with van der Waals surface area (Å²) < 4.78 is 0. The fourth-order valence-corrected chi connectivity index (χ4v) is 11.4. The lowest BCUT2D eigenvalue weighted by Crippen LogP contribution is -2.63. The van der Waals surface area contributed by atoms with Gasteiger partial charge in [-0.05, 0) is 95.3 Å². The minimum atomic E-state index is -1.60. The quantitative estimate of drug-likeness (QED) is 0.205. The number of rotatable bonds is 12. The van der Waals surface area contributed by atoms with Crippen LogP contribution in [0.5, 0.6) is 0 Å². The largest absolute Gasteiger partial charge is 0.390 e. The topological polar surface area (TPSA) is 270 Å². The van der Waals surface area contributed by atoms with Crippen molar-refractivity contribution in [1.82, 2.24) is 55.1 Å². The molecule has 0 aliphatic carbocycles. The number of aliphatic hydroxyl groups excluding tert-OH is 1. The lowest BCUT2D eigenvalue weighted by atomic mass is 9.91. The zero-order chi connectivity index (χ0) is 64.1. The van der Waals surface area contributed by atoms with Gasteiger partial charge in [0.25, 0.3) is 0 Å². The lowest BCUT2D eigenvalue weighted by Gasteiger charge is -2.42. The van der Waals surface area contributed by atoms with E-state index in [0.717, 1.165) is 9.80 Å². The molecule has 23 heteroatoms. The first-order valence-electron chi connectivity index (χ1n) is 29.7. The van der Waals surface area contributed by atoms with E-state index in [1.165, 1.54) is 92.6 Å². The van der Waals surface area contributed by atoms with Crippen molar-refractivity contribution in [3.8, 4) is 0 Å². The van der Waals surface area contributed by atoms with Gasteiger partial charge < -0.3 is 60.3 Å². The normalized spacial score (nSPS) is 28.7. The van der Waals surface area contributed by atoms with Gasteiger partial charge in [-0.25, -0.2) is 0 Å². The van der Waals surface area contributed by atoms with E-state index in [1.54, 1.807) is 75.3 Å². The Kier molecular flexibility index (Phi) is 27.8. The summed E-state index contributed by atoms with van der Waals surface area (Å²) in [5, 5.41) is 20.2. The summed E-state index contributed by atoms with van der Waals surface area (Å²) in [4.78, 5) is 170. The van der Waals surface area contributed by atoms with Crippen LogP contribution in [0.1, 0.15) is 143 Å². The Balaban J connectivity index is 2.93. The maximum Gasteiger partial charge on any atom is 0.246 e. The highest BCUT2D eigenvalue weighted by Gasteiger charge is 2.50. The molecule has 472 valence electrons. The number of nitrogens with one attached hydrogen (secondary N) is 3. The predicted molar refractivity (Wildman–Crippen MR) is 317 cm³/mol. The Labute approximate surface area is 495 Å². The average molecular weight is 1170 g/mol. The Hall–Kier alpha value is -6.13. The number of nitrogens with zero attached hydrogens (tertiary/aromatic N) is 8. The van der Waals surface area contributed by atoms with Gasteiger partial charge in [-0.15, -0.1) is 0 Å². The zero-order valence-electron chi connectivity index (χ0n) is 54.3. The zero-order valence-corrected chi connectivity index (χ0v) is 54.3. The molecule has 4 N–H and O–H groups in total. The van der Waals surface area contributed by atoms with Gasteiger partial charge in [0.1, 0.15) is 60.4 Å². The molecular weight excluding hydrogens is 1070 g/mol. The lowest BCUT2D eigenvalue weighted by molar-refractivity contribution is -0.158. The number of hydrogen-bond acceptors (Lipinski definition) is 12. The van der Waals surface area contributed by atoms with E-state index >= 15 is 9.59 Å². The molecule has 0 aromatic rings. The number of carbonyl (C=O) groups excluding carboxylic acids is 11. The summed E-state index contributed by atoms with van der Waals surface area (Å²) in [6.45, 7) is 27.2. The SMILES string of the molecule is C/C=C/CC(C)[C@@H](O)C1C(=O)N[C@H](CC)C(=O)N(C)CC(=O)N(C)[C@@H]2CC(C)N(C2=O)[C@H](C(C)C)C(=O)N(C)[C@H](CC(C)C)C(=O)N[C@H](C)C(=O)N[C@@H](C)C(=O)N(C)C(C(C)C)C(=O)N(C)[C@H](CC(C)C)C(=O)N(C)[C@H](C(C)C)C(=O)N1C. The van der Waals surface area contributed by atoms with Crippen LogP contribution < -0.4 is 16.0 Å². The number of allylic oxidation sites excluding steroid dienone is 2. The van der Waals surface area contributed by atoms with Crippen molar-refractivity contribution < 1.29 is 57.8 Å². The number of hydrogen-bond donors (Lipinski definition) is 4. The molecule has 0 saturated carbocycles. The smallest absolute Gasteiger partial charge is 0.246 e. The van der Waals surface area contributed by atoms with Gasteiger partial charge in [0, 0.05) is 55.4 Å². The van der Waals surface area contributed by atoms with Crippen LogP contribution in [0.25, 0.3) is 0 Å². The molecule has 2 bridgehead atoms. The van der Waals surface area contributed by atoms with Crippen molar-refractivity contribution in [2.45, 2.75) is 215 Å². The molecule has 0 aromatic carbocycles. The molecule has 13 atom stereocenters. The van der Waals surface area contributed by atoms with Crippen LogP contribution in [0.4, 0.5) is 0 Å². The third kappa shape index (κ3) is 17.9. The summed E-state index contributed by atoms with van der Waals surface area (Å²) in [5.41, 5.74) is 0. The highest BCUT2D eigenvalue weighted by Crippen LogP contribution is 2.31. The Bertz CT molecular complexity index is 2340. The highest BCUT2D eigenvalue weighted by molar-refractivity contribution is 6.00. The molecule has 2 aliphatic rings. The average Bonchev–Trinajstić information content (AvgIpc) is 3.95. The van der Waals surface area contributed by atoms with Crippen LogP contribution in [0, 0.1) is 35.5 Å². The maximum atomic E-state index is 15.1. The van der Waals surface area contributed by atoms with Crippen molar-refractivity contribution >= 4 is 65.0 Å². The van der Waals surface area contributed by atoms with E-state index in [1.807, 2.05) is 33.8 Å². The monoisotopic (exact) mass is 1170 g/mol. The molecule has 2 aliphatic heterocycles. The second-order valence-corrected chi connectivity index (χ2v) is 25.3. The number of likely N-dealkylation sites (N-methyl/N-ethyl adjacent to an activating group) is 7. The molecule has 2 saturated heterocycles. The van der Waals surface area contributed by atoms with E-state index in [-0.39, 0.29) is 37.5 Å². The van der Waals surface area contributed by atoms with E-state index in [9.17, 15) is 48.3 Å². The Morgan fingerprint density at radius 2 is 0.952 bits per heavy atom. The predicted octanol–water partition coefficient (Wildman–Crippen LogP) is 2.34. The number of aliphatic hydroxyl groups is 1. The van der Waals surface area contributed by atoms with Crippen molar-refractivity contribution in [2.24, 2.45) is 35.5 Å². The van der Waals surface area contributed by atoms with Crippen LogP contribution in [-0.4, -0.2) is 238 Å². The molecule has 2 rings (SSSR count). The first-order chi connectivity index (χ1) is 38.3. The third-order valence-corrected chi connectivity index (χ3v) is 16.5. The van der Waals surface area contributed by atoms with Crippen LogP contribution in [0.15, 0.2) is 12.2 Å². The fraction of sp³-hybridized carbons (Fsp3) is 0.783. The first kappa shape index (κ1) is 73.0. The summed E-state index contributed by atoms with van der Waals surface area (Å²) in [6.07, 6.45) is 2.90. The molecule has 4 unspecified atom stereocenters. The Morgan fingerprint density at radius 1 is 0.506 bits per heavy atom. The fourth-order valence-electron chi connectivity index (χ4n) is 11.4. The molecule has 0 radical (unpaired) electrons. The molecule has 2 heterocycles. The van der Waals surface area contributed by atoms with Gasteiger partial charge in [-0.2, -0.15) is 0 Å². The second-order valence-electron chi connectivity index (χ2n) is 25.3. The van der Waals surface area contributed by atoms with Crippen LogP contribution >= 0.6 is 0 Å². The van der Waals surface area contributed by atoms with Crippen LogP contribution in [0.3, 0.4) is 0 Å². The number of fused-ring (bicyclic) bond motifs is 2.